The maximum Gasteiger partial charge on any atom is 0.0220 e. The van der Waals surface area contributed by atoms with Gasteiger partial charge in [-0.1, -0.05) is 26.3 Å². The maximum absolute atomic E-state index is 3.81. The molecule has 0 aromatic carbocycles. The minimum atomic E-state index is 0.669. The van der Waals surface area contributed by atoms with Crippen molar-refractivity contribution in [2.45, 2.75) is 32.7 Å². The van der Waals surface area contributed by atoms with Gasteiger partial charge in [0.05, 0.1) is 0 Å². The van der Waals surface area contributed by atoms with Crippen LogP contribution < -0.4 is 5.32 Å². The summed E-state index contributed by atoms with van der Waals surface area (Å²) in [5.41, 5.74) is 0. The number of rotatable bonds is 4. The first-order valence-electron chi connectivity index (χ1n) is 5.84. The Balaban J connectivity index is 2.46. The zero-order valence-electron chi connectivity index (χ0n) is 9.63. The van der Waals surface area contributed by atoms with E-state index in [0.29, 0.717) is 6.04 Å². The van der Waals surface area contributed by atoms with Crippen LogP contribution in [0.2, 0.25) is 0 Å². The highest BCUT2D eigenvalue weighted by Gasteiger charge is 2.20. The topological polar surface area (TPSA) is 15.3 Å². The third kappa shape index (κ3) is 3.43. The molecular formula is C12H24N2. The molecule has 2 heteroatoms. The van der Waals surface area contributed by atoms with Gasteiger partial charge >= 0.3 is 0 Å². The van der Waals surface area contributed by atoms with E-state index in [1.807, 2.05) is 6.08 Å². The van der Waals surface area contributed by atoms with Gasteiger partial charge in [-0.05, 0) is 25.4 Å². The minimum Gasteiger partial charge on any atom is -0.312 e. The molecule has 0 aromatic heterocycles. The highest BCUT2D eigenvalue weighted by molar-refractivity contribution is 4.83. The van der Waals surface area contributed by atoms with Gasteiger partial charge in [-0.25, -0.2) is 0 Å². The molecule has 0 radical (unpaired) electrons. The van der Waals surface area contributed by atoms with Gasteiger partial charge in [0.25, 0.3) is 0 Å². The van der Waals surface area contributed by atoms with E-state index in [1.54, 1.807) is 0 Å². The predicted molar refractivity (Wildman–Crippen MR) is 62.5 cm³/mol. The van der Waals surface area contributed by atoms with Gasteiger partial charge in [0, 0.05) is 19.1 Å². The lowest BCUT2D eigenvalue weighted by molar-refractivity contribution is 0.258. The van der Waals surface area contributed by atoms with Crippen molar-refractivity contribution in [1.82, 2.24) is 10.2 Å². The molecule has 14 heavy (non-hydrogen) atoms. The van der Waals surface area contributed by atoms with Crippen molar-refractivity contribution in [3.63, 3.8) is 0 Å². The fourth-order valence-electron chi connectivity index (χ4n) is 2.04. The molecule has 1 heterocycles. The zero-order chi connectivity index (χ0) is 10.4. The summed E-state index contributed by atoms with van der Waals surface area (Å²) in [6.45, 7) is 13.0. The Bertz CT molecular complexity index is 168. The highest BCUT2D eigenvalue weighted by atomic mass is 15.2. The second-order valence-electron chi connectivity index (χ2n) is 4.35. The van der Waals surface area contributed by atoms with E-state index in [1.165, 1.54) is 32.5 Å². The Kier molecular flexibility index (Phi) is 5.20. The Morgan fingerprint density at radius 2 is 2.43 bits per heavy atom. The van der Waals surface area contributed by atoms with Gasteiger partial charge in [0.15, 0.2) is 0 Å². The molecule has 1 aliphatic rings. The molecule has 2 unspecified atom stereocenters. The second-order valence-corrected chi connectivity index (χ2v) is 4.35. The van der Waals surface area contributed by atoms with E-state index in [-0.39, 0.29) is 0 Å². The van der Waals surface area contributed by atoms with Crippen molar-refractivity contribution in [2.24, 2.45) is 5.92 Å². The second kappa shape index (κ2) is 6.20. The van der Waals surface area contributed by atoms with Crippen LogP contribution in [0, 0.1) is 5.92 Å². The molecule has 1 saturated heterocycles. The van der Waals surface area contributed by atoms with Crippen LogP contribution in [0.4, 0.5) is 0 Å². The molecule has 1 rings (SSSR count). The fraction of sp³-hybridized carbons (Fsp3) is 0.833. The summed E-state index contributed by atoms with van der Waals surface area (Å²) in [5.74, 6) is 0.778. The van der Waals surface area contributed by atoms with Crippen LogP contribution in [-0.2, 0) is 0 Å². The Morgan fingerprint density at radius 3 is 3.07 bits per heavy atom. The molecule has 0 bridgehead atoms. The molecule has 2 atom stereocenters. The SMILES string of the molecule is C=CCN1CCCNC(C(C)CC)C1. The molecule has 0 amide bonds. The van der Waals surface area contributed by atoms with E-state index in [9.17, 15) is 0 Å². The normalized spacial score (nSPS) is 26.9. The lowest BCUT2D eigenvalue weighted by atomic mass is 9.99. The standard InChI is InChI=1S/C12H24N2/c1-4-8-14-9-6-7-13-12(10-14)11(3)5-2/h4,11-13H,1,5-10H2,2-3H3. The summed E-state index contributed by atoms with van der Waals surface area (Å²) in [6, 6.07) is 0.669. The van der Waals surface area contributed by atoms with Crippen molar-refractivity contribution in [1.29, 1.82) is 0 Å². The lowest BCUT2D eigenvalue weighted by Gasteiger charge is -2.27. The first-order valence-corrected chi connectivity index (χ1v) is 5.84. The molecule has 82 valence electrons. The summed E-state index contributed by atoms with van der Waals surface area (Å²) in [5, 5.41) is 3.64. The molecule has 0 spiro atoms. The van der Waals surface area contributed by atoms with Crippen LogP contribution >= 0.6 is 0 Å². The van der Waals surface area contributed by atoms with Crippen LogP contribution in [0.3, 0.4) is 0 Å². The Hall–Kier alpha value is -0.340. The molecule has 1 N–H and O–H groups in total. The Morgan fingerprint density at radius 1 is 1.64 bits per heavy atom. The van der Waals surface area contributed by atoms with Gasteiger partial charge in [-0.2, -0.15) is 0 Å². The van der Waals surface area contributed by atoms with Crippen LogP contribution in [0.5, 0.6) is 0 Å². The van der Waals surface area contributed by atoms with Crippen LogP contribution in [0.1, 0.15) is 26.7 Å². The van der Waals surface area contributed by atoms with Gasteiger partial charge in [-0.15, -0.1) is 6.58 Å². The molecule has 1 aliphatic heterocycles. The monoisotopic (exact) mass is 196 g/mol. The Labute approximate surface area is 88.4 Å². The average Bonchev–Trinajstić information content (AvgIpc) is 2.43. The van der Waals surface area contributed by atoms with E-state index < -0.39 is 0 Å². The molecular weight excluding hydrogens is 172 g/mol. The zero-order valence-corrected chi connectivity index (χ0v) is 9.63. The third-order valence-corrected chi connectivity index (χ3v) is 3.23. The van der Waals surface area contributed by atoms with Gasteiger partial charge in [0.1, 0.15) is 0 Å². The van der Waals surface area contributed by atoms with Gasteiger partial charge < -0.3 is 5.32 Å². The molecule has 0 aliphatic carbocycles. The number of nitrogens with one attached hydrogen (secondary N) is 1. The smallest absolute Gasteiger partial charge is 0.0220 e. The maximum atomic E-state index is 3.81. The fourth-order valence-corrected chi connectivity index (χ4v) is 2.04. The first-order chi connectivity index (χ1) is 6.77. The van der Waals surface area contributed by atoms with Gasteiger partial charge in [-0.3, -0.25) is 4.90 Å². The lowest BCUT2D eigenvalue weighted by Crippen LogP contribution is -2.41. The minimum absolute atomic E-state index is 0.669. The summed E-state index contributed by atoms with van der Waals surface area (Å²) >= 11 is 0. The first kappa shape index (κ1) is 11.7. The number of hydrogen-bond acceptors (Lipinski definition) is 2. The van der Waals surface area contributed by atoms with Gasteiger partial charge in [0.2, 0.25) is 0 Å². The van der Waals surface area contributed by atoms with Crippen molar-refractivity contribution < 1.29 is 0 Å². The molecule has 0 aromatic rings. The molecule has 0 saturated carbocycles. The summed E-state index contributed by atoms with van der Waals surface area (Å²) in [6.07, 6.45) is 4.54. The number of hydrogen-bond donors (Lipinski definition) is 1. The summed E-state index contributed by atoms with van der Waals surface area (Å²) in [4.78, 5) is 2.50. The number of nitrogens with zero attached hydrogens (tertiary/aromatic N) is 1. The molecule has 1 fully saturated rings. The third-order valence-electron chi connectivity index (χ3n) is 3.23. The van der Waals surface area contributed by atoms with E-state index in [4.69, 9.17) is 0 Å². The van der Waals surface area contributed by atoms with Crippen LogP contribution in [0.25, 0.3) is 0 Å². The highest BCUT2D eigenvalue weighted by Crippen LogP contribution is 2.11. The van der Waals surface area contributed by atoms with Crippen LogP contribution in [-0.4, -0.2) is 37.1 Å². The van der Waals surface area contributed by atoms with Crippen molar-refractivity contribution in [3.05, 3.63) is 12.7 Å². The summed E-state index contributed by atoms with van der Waals surface area (Å²) < 4.78 is 0. The largest absolute Gasteiger partial charge is 0.312 e. The van der Waals surface area contributed by atoms with Crippen molar-refractivity contribution >= 4 is 0 Å². The van der Waals surface area contributed by atoms with Crippen molar-refractivity contribution in [3.8, 4) is 0 Å². The average molecular weight is 196 g/mol. The predicted octanol–water partition coefficient (Wildman–Crippen LogP) is 1.88. The molecule has 2 nitrogen and oxygen atoms in total. The van der Waals surface area contributed by atoms with E-state index in [0.717, 1.165) is 12.5 Å². The quantitative estimate of drug-likeness (QED) is 0.691. The summed E-state index contributed by atoms with van der Waals surface area (Å²) in [7, 11) is 0. The van der Waals surface area contributed by atoms with Crippen LogP contribution in [0.15, 0.2) is 12.7 Å². The van der Waals surface area contributed by atoms with E-state index in [2.05, 4.69) is 30.6 Å². The van der Waals surface area contributed by atoms with E-state index >= 15 is 0 Å². The van der Waals surface area contributed by atoms with Crippen molar-refractivity contribution in [2.75, 3.05) is 26.2 Å².